The van der Waals surface area contributed by atoms with Crippen molar-refractivity contribution in [2.45, 2.75) is 90.3 Å². The molecule has 0 saturated heterocycles. The zero-order chi connectivity index (χ0) is 39.5. The van der Waals surface area contributed by atoms with E-state index in [2.05, 4.69) is 9.97 Å². The maximum atomic E-state index is 12.4. The number of hydrogen-bond acceptors (Lipinski definition) is 12. The van der Waals surface area contributed by atoms with E-state index in [4.69, 9.17) is 28.9 Å². The number of esters is 4. The molecule has 54 heavy (non-hydrogen) atoms. The standard InChI is InChI=1S/C40H48N4O10/c1-21-24(9-12-35(45)51-5)30-18-31-25(10-13-36(46)52-6)23(3)29(43-31)19-33-39(4,49)40(50,16-15-38(48)54-8)34(44-33)20-32-26(11-14-37(47)53-7)22(2)28(42-32)17-27(21)41-30/h17-20,42-43,49-50H,9-16H2,1-8H3. The van der Waals surface area contributed by atoms with E-state index in [9.17, 15) is 29.4 Å². The molecule has 0 fully saturated rings. The van der Waals surface area contributed by atoms with Gasteiger partial charge in [-0.1, -0.05) is 0 Å². The van der Waals surface area contributed by atoms with Gasteiger partial charge in [-0.05, 0) is 111 Å². The fourth-order valence-corrected chi connectivity index (χ4v) is 7.15. The van der Waals surface area contributed by atoms with Crippen molar-refractivity contribution in [1.82, 2.24) is 19.9 Å². The second-order valence-corrected chi connectivity index (χ2v) is 13.8. The average Bonchev–Trinajstić information content (AvgIpc) is 3.77. The molecule has 288 valence electrons. The molecular formula is C40H48N4O10. The van der Waals surface area contributed by atoms with Gasteiger partial charge >= 0.3 is 23.9 Å². The third-order valence-corrected chi connectivity index (χ3v) is 10.7. The van der Waals surface area contributed by atoms with Gasteiger partial charge in [-0.2, -0.15) is 0 Å². The van der Waals surface area contributed by atoms with Gasteiger partial charge in [0, 0.05) is 47.8 Å². The Bertz CT molecular complexity index is 2200. The van der Waals surface area contributed by atoms with Crippen molar-refractivity contribution in [2.24, 2.45) is 0 Å². The number of aliphatic hydroxyl groups is 2. The summed E-state index contributed by atoms with van der Waals surface area (Å²) >= 11 is 0. The molecule has 5 heterocycles. The number of ether oxygens (including phenoxy) is 4. The monoisotopic (exact) mass is 744 g/mol. The van der Waals surface area contributed by atoms with Gasteiger partial charge in [0.15, 0.2) is 0 Å². The number of hydrogen-bond donors (Lipinski definition) is 4. The van der Waals surface area contributed by atoms with Crippen molar-refractivity contribution in [2.75, 3.05) is 28.4 Å². The lowest BCUT2D eigenvalue weighted by molar-refractivity contribution is -0.160. The van der Waals surface area contributed by atoms with Crippen molar-refractivity contribution in [3.63, 3.8) is 0 Å². The van der Waals surface area contributed by atoms with Crippen LogP contribution < -0.4 is 0 Å². The van der Waals surface area contributed by atoms with Crippen LogP contribution in [0.5, 0.6) is 0 Å². The number of fused-ring (bicyclic) bond motifs is 8. The summed E-state index contributed by atoms with van der Waals surface area (Å²) in [4.78, 5) is 66.0. The Morgan fingerprint density at radius 1 is 0.611 bits per heavy atom. The Labute approximate surface area is 312 Å². The highest BCUT2D eigenvalue weighted by Crippen LogP contribution is 2.47. The molecule has 2 unspecified atom stereocenters. The summed E-state index contributed by atoms with van der Waals surface area (Å²) in [5, 5.41) is 24.6. The lowest BCUT2D eigenvalue weighted by atomic mass is 9.78. The number of aromatic amines is 2. The summed E-state index contributed by atoms with van der Waals surface area (Å²) < 4.78 is 19.7. The second kappa shape index (κ2) is 15.9. The molecule has 0 spiro atoms. The van der Waals surface area contributed by atoms with Crippen LogP contribution in [0.4, 0.5) is 0 Å². The van der Waals surface area contributed by atoms with Crippen LogP contribution in [-0.4, -0.2) is 82.5 Å². The maximum absolute atomic E-state index is 12.4. The smallest absolute Gasteiger partial charge is 0.305 e. The van der Waals surface area contributed by atoms with E-state index >= 15 is 0 Å². The number of methoxy groups -OCH3 is 4. The molecule has 4 N–H and O–H groups in total. The molecule has 0 amide bonds. The van der Waals surface area contributed by atoms with Crippen molar-refractivity contribution >= 4 is 57.1 Å². The third kappa shape index (κ3) is 7.66. The normalized spacial score (nSPS) is 18.0. The minimum Gasteiger partial charge on any atom is -0.469 e. The Morgan fingerprint density at radius 2 is 1.06 bits per heavy atom. The first-order valence-electron chi connectivity index (χ1n) is 17.7. The number of carbonyl (C=O) groups excluding carboxylic acids is 4. The number of allylic oxidation sites excluding steroid dienone is 2. The zero-order valence-corrected chi connectivity index (χ0v) is 32.0. The highest BCUT2D eigenvalue weighted by atomic mass is 16.5. The van der Waals surface area contributed by atoms with Crippen molar-refractivity contribution in [3.8, 4) is 0 Å². The van der Waals surface area contributed by atoms with Gasteiger partial charge < -0.3 is 39.1 Å². The van der Waals surface area contributed by atoms with Gasteiger partial charge in [0.2, 0.25) is 0 Å². The van der Waals surface area contributed by atoms with Crippen LogP contribution in [0.2, 0.25) is 0 Å². The molecule has 3 aromatic rings. The molecule has 14 heteroatoms. The third-order valence-electron chi connectivity index (χ3n) is 10.7. The number of rotatable bonds is 12. The highest BCUT2D eigenvalue weighted by molar-refractivity contribution is 5.94. The van der Waals surface area contributed by atoms with Gasteiger partial charge in [-0.3, -0.25) is 24.2 Å². The molecule has 2 atom stereocenters. The molecule has 14 nitrogen and oxygen atoms in total. The van der Waals surface area contributed by atoms with E-state index in [1.54, 1.807) is 12.1 Å². The van der Waals surface area contributed by atoms with E-state index in [0.29, 0.717) is 46.3 Å². The minimum absolute atomic E-state index is 0.0778. The predicted molar refractivity (Wildman–Crippen MR) is 200 cm³/mol. The van der Waals surface area contributed by atoms with Gasteiger partial charge in [0.1, 0.15) is 11.2 Å². The summed E-state index contributed by atoms with van der Waals surface area (Å²) in [6, 6.07) is 7.05. The van der Waals surface area contributed by atoms with Crippen LogP contribution in [-0.2, 0) is 62.2 Å². The fraction of sp³-hybridized carbons (Fsp3) is 0.450. The van der Waals surface area contributed by atoms with Crippen molar-refractivity contribution < 1.29 is 48.3 Å². The van der Waals surface area contributed by atoms with Crippen LogP contribution in [0.1, 0.15) is 97.4 Å². The number of aryl methyl sites for hydroxylation is 4. The summed E-state index contributed by atoms with van der Waals surface area (Å²) in [6.07, 6.45) is 0.856. The fourth-order valence-electron chi connectivity index (χ4n) is 7.15. The molecule has 3 aromatic heterocycles. The highest BCUT2D eigenvalue weighted by Gasteiger charge is 2.54. The lowest BCUT2D eigenvalue weighted by Gasteiger charge is -2.35. The molecule has 0 saturated carbocycles. The Kier molecular flexibility index (Phi) is 11.8. The van der Waals surface area contributed by atoms with Crippen molar-refractivity contribution in [3.05, 3.63) is 69.3 Å². The number of nitrogens with one attached hydrogen (secondary N) is 2. The molecule has 2 aliphatic rings. The molecule has 0 radical (unpaired) electrons. The summed E-state index contributed by atoms with van der Waals surface area (Å²) in [6.45, 7) is 7.16. The van der Waals surface area contributed by atoms with Gasteiger partial charge in [-0.25, -0.2) is 4.98 Å². The summed E-state index contributed by atoms with van der Waals surface area (Å²) in [7, 11) is 5.25. The lowest BCUT2D eigenvalue weighted by Crippen LogP contribution is -2.44. The SMILES string of the molecule is COC(=O)CCC1=C(C)c2cc3[nH]c(cc4nc(cc5[nH]c(cc1n2)c(CCC(=O)OC)c5C)C(C)(O)C4(O)CCC(=O)OC)c(CCC(=O)OC)c3C. The Balaban J connectivity index is 1.91. The zero-order valence-electron chi connectivity index (χ0n) is 32.0. The Hall–Kier alpha value is -5.34. The topological polar surface area (TPSA) is 203 Å². The van der Waals surface area contributed by atoms with E-state index in [-0.39, 0.29) is 61.9 Å². The Morgan fingerprint density at radius 3 is 1.59 bits per heavy atom. The van der Waals surface area contributed by atoms with E-state index < -0.39 is 23.1 Å². The molecule has 0 aliphatic carbocycles. The molecular weight excluding hydrogens is 696 g/mol. The average molecular weight is 745 g/mol. The number of nitrogens with zero attached hydrogens (tertiary/aromatic N) is 2. The maximum Gasteiger partial charge on any atom is 0.305 e. The van der Waals surface area contributed by atoms with Crippen LogP contribution >= 0.6 is 0 Å². The molecule has 5 rings (SSSR count). The quantitative estimate of drug-likeness (QED) is 0.142. The van der Waals surface area contributed by atoms with Crippen LogP contribution in [0.25, 0.3) is 33.2 Å². The van der Waals surface area contributed by atoms with E-state index in [0.717, 1.165) is 33.4 Å². The number of aromatic nitrogens is 4. The first-order chi connectivity index (χ1) is 25.6. The largest absolute Gasteiger partial charge is 0.469 e. The second-order valence-electron chi connectivity index (χ2n) is 13.8. The van der Waals surface area contributed by atoms with Gasteiger partial charge in [-0.15, -0.1) is 0 Å². The van der Waals surface area contributed by atoms with Gasteiger partial charge in [0.05, 0.1) is 51.2 Å². The van der Waals surface area contributed by atoms with Crippen LogP contribution in [0, 0.1) is 13.8 Å². The predicted octanol–water partition coefficient (Wildman–Crippen LogP) is 5.08. The van der Waals surface area contributed by atoms with Crippen LogP contribution in [0.15, 0.2) is 24.3 Å². The molecule has 0 aromatic carbocycles. The number of H-pyrrole nitrogens is 2. The van der Waals surface area contributed by atoms with E-state index in [1.807, 2.05) is 32.9 Å². The summed E-state index contributed by atoms with van der Waals surface area (Å²) in [5.74, 6) is -1.72. The molecule has 8 bridgehead atoms. The first kappa shape index (κ1) is 39.9. The number of carbonyl (C=O) groups is 4. The van der Waals surface area contributed by atoms with Gasteiger partial charge in [0.25, 0.3) is 0 Å². The molecule has 2 aliphatic heterocycles. The van der Waals surface area contributed by atoms with Crippen LogP contribution in [0.3, 0.4) is 0 Å². The minimum atomic E-state index is -2.04. The summed E-state index contributed by atoms with van der Waals surface area (Å²) in [5.41, 5.74) is 4.69. The van der Waals surface area contributed by atoms with E-state index in [1.165, 1.54) is 35.4 Å². The van der Waals surface area contributed by atoms with Crippen molar-refractivity contribution in [1.29, 1.82) is 0 Å². The first-order valence-corrected chi connectivity index (χ1v) is 17.7.